The maximum absolute atomic E-state index is 14.8. The fourth-order valence-electron chi connectivity index (χ4n) is 3.75. The molecule has 0 radical (unpaired) electrons. The number of aromatic nitrogens is 2. The van der Waals surface area contributed by atoms with Gasteiger partial charge in [0.2, 0.25) is 0 Å². The molecule has 3 heterocycles. The first-order valence-corrected chi connectivity index (χ1v) is 8.31. The summed E-state index contributed by atoms with van der Waals surface area (Å²) >= 11 is 0. The van der Waals surface area contributed by atoms with Gasteiger partial charge in [-0.1, -0.05) is 0 Å². The van der Waals surface area contributed by atoms with Crippen molar-refractivity contribution in [2.75, 3.05) is 26.3 Å². The van der Waals surface area contributed by atoms with E-state index < -0.39 is 6.17 Å². The van der Waals surface area contributed by atoms with Crippen molar-refractivity contribution in [2.24, 2.45) is 0 Å². The van der Waals surface area contributed by atoms with Crippen LogP contribution in [0.15, 0.2) is 18.3 Å². The Hall–Kier alpha value is -1.59. The van der Waals surface area contributed by atoms with Crippen molar-refractivity contribution in [2.45, 2.75) is 38.4 Å². The summed E-state index contributed by atoms with van der Waals surface area (Å²) < 4.78 is 20.1. The summed E-state index contributed by atoms with van der Waals surface area (Å²) in [6.45, 7) is 6.91. The Labute approximate surface area is 135 Å². The van der Waals surface area contributed by atoms with Crippen LogP contribution in [0.1, 0.15) is 29.3 Å². The number of halogens is 1. The highest BCUT2D eigenvalue weighted by molar-refractivity contribution is 5.79. The van der Waals surface area contributed by atoms with Gasteiger partial charge >= 0.3 is 0 Å². The zero-order chi connectivity index (χ0) is 16.0. The molecule has 0 N–H and O–H groups in total. The highest BCUT2D eigenvalue weighted by Gasteiger charge is 2.36. The van der Waals surface area contributed by atoms with Crippen LogP contribution in [0.25, 0.3) is 10.9 Å². The minimum atomic E-state index is -0.830. The van der Waals surface area contributed by atoms with Crippen LogP contribution >= 0.6 is 0 Å². The molecule has 4 rings (SSSR count). The molecule has 2 atom stereocenters. The minimum Gasteiger partial charge on any atom is -0.378 e. The fraction of sp³-hybridized carbons (Fsp3) is 0.556. The van der Waals surface area contributed by atoms with Gasteiger partial charge < -0.3 is 4.74 Å². The number of fused-ring (bicyclic) bond motifs is 1. The van der Waals surface area contributed by atoms with Crippen LogP contribution in [0, 0.1) is 13.8 Å². The topological polar surface area (TPSA) is 38.2 Å². The number of piperidine rings is 1. The normalized spacial score (nSPS) is 26.4. The first-order valence-electron chi connectivity index (χ1n) is 8.31. The van der Waals surface area contributed by atoms with Crippen LogP contribution < -0.4 is 0 Å². The third-order valence-corrected chi connectivity index (χ3v) is 5.20. The van der Waals surface area contributed by atoms with E-state index in [-0.39, 0.29) is 5.92 Å². The van der Waals surface area contributed by atoms with Crippen LogP contribution in [-0.2, 0) is 4.74 Å². The van der Waals surface area contributed by atoms with E-state index in [0.717, 1.165) is 54.0 Å². The van der Waals surface area contributed by atoms with Crippen LogP contribution in [0.4, 0.5) is 4.39 Å². The second kappa shape index (κ2) is 5.80. The van der Waals surface area contributed by atoms with Gasteiger partial charge in [-0.05, 0) is 50.1 Å². The number of benzene rings is 1. The highest BCUT2D eigenvalue weighted by Crippen LogP contribution is 2.35. The Morgan fingerprint density at radius 1 is 1.26 bits per heavy atom. The van der Waals surface area contributed by atoms with Gasteiger partial charge in [0.05, 0.1) is 24.8 Å². The van der Waals surface area contributed by atoms with Crippen molar-refractivity contribution in [3.05, 3.63) is 35.3 Å². The van der Waals surface area contributed by atoms with E-state index in [4.69, 9.17) is 4.74 Å². The molecule has 0 unspecified atom stereocenters. The molecule has 0 amide bonds. The number of likely N-dealkylation sites (tertiary alicyclic amines) is 1. The molecule has 5 heteroatoms. The molecule has 122 valence electrons. The number of hydrogen-bond donors (Lipinski definition) is 0. The monoisotopic (exact) mass is 315 g/mol. The van der Waals surface area contributed by atoms with Crippen LogP contribution in [0.5, 0.6) is 0 Å². The molecule has 0 aliphatic carbocycles. The predicted molar refractivity (Wildman–Crippen MR) is 87.4 cm³/mol. The number of hydrogen-bond acceptors (Lipinski definition) is 4. The third-order valence-electron chi connectivity index (χ3n) is 5.20. The first-order chi connectivity index (χ1) is 11.1. The quantitative estimate of drug-likeness (QED) is 0.854. The van der Waals surface area contributed by atoms with Gasteiger partial charge in [0.15, 0.2) is 0 Å². The molecule has 4 nitrogen and oxygen atoms in total. The SMILES string of the molecule is Cc1ncc2cc(C)c([C@H]3CCN(C4COC4)C[C@@H]3F)cc2n1. The van der Waals surface area contributed by atoms with E-state index in [0.29, 0.717) is 12.6 Å². The summed E-state index contributed by atoms with van der Waals surface area (Å²) in [6, 6.07) is 4.57. The van der Waals surface area contributed by atoms with Gasteiger partial charge in [0.25, 0.3) is 0 Å². The maximum atomic E-state index is 14.8. The van der Waals surface area contributed by atoms with Crippen molar-refractivity contribution in [3.63, 3.8) is 0 Å². The van der Waals surface area contributed by atoms with E-state index in [2.05, 4.69) is 33.9 Å². The Balaban J connectivity index is 1.62. The zero-order valence-electron chi connectivity index (χ0n) is 13.6. The Bertz CT molecular complexity index is 732. The van der Waals surface area contributed by atoms with Gasteiger partial charge in [-0.25, -0.2) is 14.4 Å². The Morgan fingerprint density at radius 2 is 2.09 bits per heavy atom. The maximum Gasteiger partial charge on any atom is 0.125 e. The minimum absolute atomic E-state index is 0.0353. The first kappa shape index (κ1) is 15.0. The lowest BCUT2D eigenvalue weighted by molar-refractivity contribution is -0.0807. The van der Waals surface area contributed by atoms with Gasteiger partial charge in [0.1, 0.15) is 12.0 Å². The molecule has 2 fully saturated rings. The molecule has 0 spiro atoms. The van der Waals surface area contributed by atoms with E-state index in [1.54, 1.807) is 0 Å². The van der Waals surface area contributed by atoms with Crippen molar-refractivity contribution in [3.8, 4) is 0 Å². The summed E-state index contributed by atoms with van der Waals surface area (Å²) in [6.07, 6.45) is 1.87. The Morgan fingerprint density at radius 3 is 2.78 bits per heavy atom. The molecule has 2 aliphatic rings. The molecule has 1 aromatic carbocycles. The summed E-state index contributed by atoms with van der Waals surface area (Å²) in [4.78, 5) is 11.0. The van der Waals surface area contributed by atoms with Crippen molar-refractivity contribution in [1.82, 2.24) is 14.9 Å². The summed E-state index contributed by atoms with van der Waals surface area (Å²) in [7, 11) is 0. The molecular formula is C18H22FN3O. The number of rotatable bonds is 2. The molecule has 0 saturated carbocycles. The van der Waals surface area contributed by atoms with E-state index in [1.807, 2.05) is 13.1 Å². The van der Waals surface area contributed by atoms with Gasteiger partial charge in [-0.3, -0.25) is 4.90 Å². The lowest BCUT2D eigenvalue weighted by Gasteiger charge is -2.43. The average Bonchev–Trinajstić information content (AvgIpc) is 2.46. The second-order valence-corrected chi connectivity index (χ2v) is 6.78. The molecule has 1 aromatic heterocycles. The highest BCUT2D eigenvalue weighted by atomic mass is 19.1. The zero-order valence-corrected chi connectivity index (χ0v) is 13.6. The van der Waals surface area contributed by atoms with Gasteiger partial charge in [-0.2, -0.15) is 0 Å². The standard InChI is InChI=1S/C18H22FN3O/c1-11-5-13-7-20-12(2)21-18(13)6-16(11)15-3-4-22(8-17(15)19)14-9-23-10-14/h5-7,14-15,17H,3-4,8-10H2,1-2H3/t15-,17+/m1/s1. The molecular weight excluding hydrogens is 293 g/mol. The lowest BCUT2D eigenvalue weighted by Crippen LogP contribution is -2.54. The smallest absolute Gasteiger partial charge is 0.125 e. The predicted octanol–water partition coefficient (Wildman–Crippen LogP) is 2.77. The van der Waals surface area contributed by atoms with Gasteiger partial charge in [-0.15, -0.1) is 0 Å². The molecule has 2 aromatic rings. The number of nitrogens with zero attached hydrogens (tertiary/aromatic N) is 3. The molecule has 23 heavy (non-hydrogen) atoms. The van der Waals surface area contributed by atoms with E-state index >= 15 is 0 Å². The summed E-state index contributed by atoms with van der Waals surface area (Å²) in [5, 5.41) is 1.02. The van der Waals surface area contributed by atoms with Crippen molar-refractivity contribution >= 4 is 10.9 Å². The van der Waals surface area contributed by atoms with Crippen molar-refractivity contribution < 1.29 is 9.13 Å². The lowest BCUT2D eigenvalue weighted by atomic mass is 9.84. The average molecular weight is 315 g/mol. The number of aryl methyl sites for hydroxylation is 2. The summed E-state index contributed by atoms with van der Waals surface area (Å²) in [5.74, 6) is 0.718. The molecule has 0 bridgehead atoms. The summed E-state index contributed by atoms with van der Waals surface area (Å²) in [5.41, 5.74) is 3.16. The van der Waals surface area contributed by atoms with E-state index in [1.165, 1.54) is 0 Å². The molecule has 2 saturated heterocycles. The van der Waals surface area contributed by atoms with Crippen LogP contribution in [0.2, 0.25) is 0 Å². The van der Waals surface area contributed by atoms with Crippen molar-refractivity contribution in [1.29, 1.82) is 0 Å². The third kappa shape index (κ3) is 2.72. The van der Waals surface area contributed by atoms with Crippen LogP contribution in [0.3, 0.4) is 0 Å². The second-order valence-electron chi connectivity index (χ2n) is 6.78. The fourth-order valence-corrected chi connectivity index (χ4v) is 3.75. The van der Waals surface area contributed by atoms with E-state index in [9.17, 15) is 4.39 Å². The molecule has 2 aliphatic heterocycles. The largest absolute Gasteiger partial charge is 0.378 e. The van der Waals surface area contributed by atoms with Gasteiger partial charge in [0, 0.05) is 24.0 Å². The van der Waals surface area contributed by atoms with Crippen LogP contribution in [-0.4, -0.2) is 53.4 Å². The Kier molecular flexibility index (Phi) is 3.77. The number of alkyl halides is 1. The number of ether oxygens (including phenoxy) is 1.